The van der Waals surface area contributed by atoms with E-state index in [0.29, 0.717) is 0 Å². The van der Waals surface area contributed by atoms with Crippen molar-refractivity contribution in [2.75, 3.05) is 0 Å². The molecule has 3 aromatic carbocycles. The van der Waals surface area contributed by atoms with Gasteiger partial charge in [0.15, 0.2) is 11.0 Å². The molecule has 1 aromatic heterocycles. The Morgan fingerprint density at radius 2 is 1.42 bits per heavy atom. The van der Waals surface area contributed by atoms with Crippen LogP contribution in [0.3, 0.4) is 0 Å². The SMILES string of the molecule is Fc1ccc(-n2c(SCc3ccccc3)nnc2-c2ccccc2)cc1. The van der Waals surface area contributed by atoms with E-state index in [4.69, 9.17) is 0 Å². The van der Waals surface area contributed by atoms with Crippen LogP contribution in [-0.4, -0.2) is 14.8 Å². The summed E-state index contributed by atoms with van der Waals surface area (Å²) in [6.07, 6.45) is 0. The molecule has 0 fully saturated rings. The Hall–Kier alpha value is -2.92. The fourth-order valence-corrected chi connectivity index (χ4v) is 3.59. The Morgan fingerprint density at radius 1 is 0.769 bits per heavy atom. The summed E-state index contributed by atoms with van der Waals surface area (Å²) >= 11 is 1.61. The summed E-state index contributed by atoms with van der Waals surface area (Å²) in [5.74, 6) is 1.27. The van der Waals surface area contributed by atoms with Gasteiger partial charge in [-0.1, -0.05) is 72.4 Å². The lowest BCUT2D eigenvalue weighted by atomic mass is 10.2. The van der Waals surface area contributed by atoms with Crippen LogP contribution >= 0.6 is 11.8 Å². The summed E-state index contributed by atoms with van der Waals surface area (Å²) in [5, 5.41) is 9.56. The van der Waals surface area contributed by atoms with Gasteiger partial charge < -0.3 is 0 Å². The molecule has 0 spiro atoms. The van der Waals surface area contributed by atoms with Crippen LogP contribution in [0.5, 0.6) is 0 Å². The third-order valence-electron chi connectivity index (χ3n) is 3.96. The topological polar surface area (TPSA) is 30.7 Å². The van der Waals surface area contributed by atoms with Crippen molar-refractivity contribution in [1.29, 1.82) is 0 Å². The molecule has 0 aliphatic carbocycles. The Bertz CT molecular complexity index is 983. The minimum atomic E-state index is -0.262. The van der Waals surface area contributed by atoms with E-state index in [2.05, 4.69) is 22.3 Å². The fraction of sp³-hybridized carbons (Fsp3) is 0.0476. The smallest absolute Gasteiger partial charge is 0.196 e. The van der Waals surface area contributed by atoms with Crippen LogP contribution in [0.2, 0.25) is 0 Å². The molecule has 4 rings (SSSR count). The highest BCUT2D eigenvalue weighted by molar-refractivity contribution is 7.98. The molecule has 0 saturated carbocycles. The molecule has 3 nitrogen and oxygen atoms in total. The molecule has 0 N–H and O–H groups in total. The molecule has 0 bridgehead atoms. The van der Waals surface area contributed by atoms with E-state index in [1.807, 2.05) is 53.1 Å². The zero-order chi connectivity index (χ0) is 17.8. The molecule has 0 amide bonds. The van der Waals surface area contributed by atoms with Crippen molar-refractivity contribution >= 4 is 11.8 Å². The van der Waals surface area contributed by atoms with Gasteiger partial charge in [-0.05, 0) is 29.8 Å². The van der Waals surface area contributed by atoms with Crippen LogP contribution in [0.15, 0.2) is 90.1 Å². The first-order valence-corrected chi connectivity index (χ1v) is 9.23. The molecule has 1 heterocycles. The second kappa shape index (κ2) is 7.54. The molecule has 4 aromatic rings. The van der Waals surface area contributed by atoms with E-state index in [1.54, 1.807) is 23.9 Å². The van der Waals surface area contributed by atoms with Gasteiger partial charge in [-0.15, -0.1) is 10.2 Å². The average molecular weight is 361 g/mol. The van der Waals surface area contributed by atoms with Crippen LogP contribution < -0.4 is 0 Å². The second-order valence-electron chi connectivity index (χ2n) is 5.76. The van der Waals surface area contributed by atoms with E-state index in [-0.39, 0.29) is 5.82 Å². The standard InChI is InChI=1S/C21H16FN3S/c22-18-11-13-19(14-12-18)25-20(17-9-5-2-6-10-17)23-24-21(25)26-15-16-7-3-1-4-8-16/h1-14H,15H2. The summed E-state index contributed by atoms with van der Waals surface area (Å²) in [4.78, 5) is 0. The molecule has 0 aliphatic rings. The highest BCUT2D eigenvalue weighted by Crippen LogP contribution is 2.29. The number of nitrogens with zero attached hydrogens (tertiary/aromatic N) is 3. The number of hydrogen-bond donors (Lipinski definition) is 0. The Kier molecular flexibility index (Phi) is 4.80. The van der Waals surface area contributed by atoms with Crippen molar-refractivity contribution < 1.29 is 4.39 Å². The van der Waals surface area contributed by atoms with Crippen molar-refractivity contribution in [1.82, 2.24) is 14.8 Å². The Labute approximate surface area is 155 Å². The monoisotopic (exact) mass is 361 g/mol. The molecular formula is C21H16FN3S. The van der Waals surface area contributed by atoms with Gasteiger partial charge in [0.2, 0.25) is 0 Å². The predicted octanol–water partition coefficient (Wildman–Crippen LogP) is 5.37. The van der Waals surface area contributed by atoms with Gasteiger partial charge in [0.25, 0.3) is 0 Å². The number of halogens is 1. The number of rotatable bonds is 5. The van der Waals surface area contributed by atoms with E-state index in [0.717, 1.165) is 28.0 Å². The molecule has 0 unspecified atom stereocenters. The third kappa shape index (κ3) is 3.53. The van der Waals surface area contributed by atoms with Crippen LogP contribution in [0.1, 0.15) is 5.56 Å². The highest BCUT2D eigenvalue weighted by atomic mass is 32.2. The Balaban J connectivity index is 1.74. The summed E-state index contributed by atoms with van der Waals surface area (Å²) in [5.41, 5.74) is 3.02. The number of thioether (sulfide) groups is 1. The number of hydrogen-bond acceptors (Lipinski definition) is 3. The molecule has 0 aliphatic heterocycles. The van der Waals surface area contributed by atoms with E-state index in [1.165, 1.54) is 17.7 Å². The van der Waals surface area contributed by atoms with Gasteiger partial charge in [-0.25, -0.2) is 4.39 Å². The zero-order valence-corrected chi connectivity index (χ0v) is 14.7. The van der Waals surface area contributed by atoms with Crippen molar-refractivity contribution in [3.05, 3.63) is 96.3 Å². The van der Waals surface area contributed by atoms with Crippen molar-refractivity contribution in [3.8, 4) is 17.1 Å². The lowest BCUT2D eigenvalue weighted by molar-refractivity contribution is 0.627. The van der Waals surface area contributed by atoms with Crippen molar-refractivity contribution in [2.45, 2.75) is 10.9 Å². The summed E-state index contributed by atoms with van der Waals surface area (Å²) in [7, 11) is 0. The van der Waals surface area contributed by atoms with Crippen molar-refractivity contribution in [3.63, 3.8) is 0 Å². The summed E-state index contributed by atoms with van der Waals surface area (Å²) in [6.45, 7) is 0. The van der Waals surface area contributed by atoms with Gasteiger partial charge in [0, 0.05) is 17.0 Å². The predicted molar refractivity (Wildman–Crippen MR) is 103 cm³/mol. The molecular weight excluding hydrogens is 345 g/mol. The van der Waals surface area contributed by atoms with Gasteiger partial charge >= 0.3 is 0 Å². The lowest BCUT2D eigenvalue weighted by Gasteiger charge is -2.10. The van der Waals surface area contributed by atoms with Gasteiger partial charge in [0.05, 0.1) is 0 Å². The lowest BCUT2D eigenvalue weighted by Crippen LogP contribution is -2.00. The van der Waals surface area contributed by atoms with E-state index in [9.17, 15) is 4.39 Å². The molecule has 26 heavy (non-hydrogen) atoms. The maximum absolute atomic E-state index is 13.4. The second-order valence-corrected chi connectivity index (χ2v) is 6.70. The maximum Gasteiger partial charge on any atom is 0.196 e. The van der Waals surface area contributed by atoms with Crippen LogP contribution in [0, 0.1) is 5.82 Å². The largest absolute Gasteiger partial charge is 0.270 e. The number of benzene rings is 3. The molecule has 0 atom stereocenters. The third-order valence-corrected chi connectivity index (χ3v) is 4.96. The average Bonchev–Trinajstić information content (AvgIpc) is 3.12. The summed E-state index contributed by atoms with van der Waals surface area (Å²) < 4.78 is 15.4. The van der Waals surface area contributed by atoms with Crippen LogP contribution in [0.25, 0.3) is 17.1 Å². The highest BCUT2D eigenvalue weighted by Gasteiger charge is 2.16. The van der Waals surface area contributed by atoms with Crippen LogP contribution in [0.4, 0.5) is 4.39 Å². The first kappa shape index (κ1) is 16.5. The van der Waals surface area contributed by atoms with E-state index < -0.39 is 0 Å². The first-order valence-electron chi connectivity index (χ1n) is 8.25. The molecule has 128 valence electrons. The molecule has 0 saturated heterocycles. The zero-order valence-electron chi connectivity index (χ0n) is 13.9. The normalized spacial score (nSPS) is 10.8. The maximum atomic E-state index is 13.4. The van der Waals surface area contributed by atoms with Gasteiger partial charge in [-0.3, -0.25) is 4.57 Å². The van der Waals surface area contributed by atoms with Gasteiger partial charge in [0.1, 0.15) is 5.82 Å². The minimum absolute atomic E-state index is 0.262. The van der Waals surface area contributed by atoms with E-state index >= 15 is 0 Å². The summed E-state index contributed by atoms with van der Waals surface area (Å²) in [6, 6.07) is 26.5. The van der Waals surface area contributed by atoms with Crippen LogP contribution in [-0.2, 0) is 5.75 Å². The quantitative estimate of drug-likeness (QED) is 0.448. The Morgan fingerprint density at radius 3 is 2.12 bits per heavy atom. The first-order chi connectivity index (χ1) is 12.8. The fourth-order valence-electron chi connectivity index (χ4n) is 2.68. The van der Waals surface area contributed by atoms with Gasteiger partial charge in [-0.2, -0.15) is 0 Å². The number of aromatic nitrogens is 3. The minimum Gasteiger partial charge on any atom is -0.270 e. The molecule has 0 radical (unpaired) electrons. The van der Waals surface area contributed by atoms with Crippen molar-refractivity contribution in [2.24, 2.45) is 0 Å². The molecule has 5 heteroatoms.